The van der Waals surface area contributed by atoms with Crippen LogP contribution in [0.1, 0.15) is 29.4 Å². The van der Waals surface area contributed by atoms with Gasteiger partial charge in [-0.15, -0.1) is 0 Å². The van der Waals surface area contributed by atoms with Gasteiger partial charge in [-0.3, -0.25) is 5.10 Å². The number of nitrogens with zero attached hydrogens (tertiary/aromatic N) is 2. The quantitative estimate of drug-likeness (QED) is 0.708. The van der Waals surface area contributed by atoms with Gasteiger partial charge in [0.25, 0.3) is 10.0 Å². The Labute approximate surface area is 116 Å². The summed E-state index contributed by atoms with van der Waals surface area (Å²) in [6.07, 6.45) is 0.621. The minimum atomic E-state index is -4.04. The molecule has 1 aromatic heterocycles. The number of H-pyrrole nitrogens is 1. The van der Waals surface area contributed by atoms with Gasteiger partial charge >= 0.3 is 5.97 Å². The molecule has 9 heteroatoms. The van der Waals surface area contributed by atoms with Gasteiger partial charge in [0, 0.05) is 12.2 Å². The Hall–Kier alpha value is -1.45. The molecule has 8 nitrogen and oxygen atoms in total. The van der Waals surface area contributed by atoms with E-state index in [1.807, 2.05) is 6.92 Å². The van der Waals surface area contributed by atoms with Crippen LogP contribution in [-0.2, 0) is 10.0 Å². The summed E-state index contributed by atoms with van der Waals surface area (Å²) in [5, 5.41) is 24.0. The third-order valence-electron chi connectivity index (χ3n) is 3.70. The van der Waals surface area contributed by atoms with Gasteiger partial charge < -0.3 is 10.2 Å². The van der Waals surface area contributed by atoms with E-state index in [-0.39, 0.29) is 30.3 Å². The van der Waals surface area contributed by atoms with Crippen LogP contribution in [0, 0.1) is 12.8 Å². The molecule has 1 aromatic rings. The molecule has 2 rings (SSSR count). The molecule has 2 unspecified atom stereocenters. The number of aliphatic hydroxyl groups excluding tert-OH is 1. The highest BCUT2D eigenvalue weighted by molar-refractivity contribution is 7.89. The minimum Gasteiger partial charge on any atom is -0.478 e. The second kappa shape index (κ2) is 5.15. The first-order valence-electron chi connectivity index (χ1n) is 6.21. The Morgan fingerprint density at radius 1 is 1.55 bits per heavy atom. The SMILES string of the molecule is Cc1[nH]nc(S(=O)(=O)N2CCC(C)C2CO)c1C(=O)O. The molecule has 112 valence electrons. The molecule has 2 heterocycles. The fraction of sp³-hybridized carbons (Fsp3) is 0.636. The first kappa shape index (κ1) is 14.9. The zero-order chi connectivity index (χ0) is 15.1. The van der Waals surface area contributed by atoms with Gasteiger partial charge in [0.05, 0.1) is 12.6 Å². The Morgan fingerprint density at radius 3 is 2.75 bits per heavy atom. The van der Waals surface area contributed by atoms with E-state index < -0.39 is 27.1 Å². The van der Waals surface area contributed by atoms with Gasteiger partial charge in [0.2, 0.25) is 5.03 Å². The molecule has 1 saturated heterocycles. The Morgan fingerprint density at radius 2 is 2.20 bits per heavy atom. The predicted octanol–water partition coefficient (Wildman–Crippen LogP) is -0.192. The van der Waals surface area contributed by atoms with Crippen LogP contribution in [-0.4, -0.2) is 58.3 Å². The second-order valence-electron chi connectivity index (χ2n) is 4.97. The fourth-order valence-electron chi connectivity index (χ4n) is 2.50. The van der Waals surface area contributed by atoms with Crippen molar-refractivity contribution in [2.45, 2.75) is 31.3 Å². The monoisotopic (exact) mass is 303 g/mol. The largest absolute Gasteiger partial charge is 0.478 e. The van der Waals surface area contributed by atoms with Crippen molar-refractivity contribution in [2.75, 3.05) is 13.2 Å². The molecular weight excluding hydrogens is 286 g/mol. The number of aromatic nitrogens is 2. The number of rotatable bonds is 4. The third kappa shape index (κ3) is 2.21. The Bertz CT molecular complexity index is 624. The summed E-state index contributed by atoms with van der Waals surface area (Å²) in [6.45, 7) is 3.25. The van der Waals surface area contributed by atoms with Crippen molar-refractivity contribution in [3.05, 3.63) is 11.3 Å². The number of aromatic carboxylic acids is 1. The second-order valence-corrected chi connectivity index (χ2v) is 6.77. The molecule has 1 aliphatic rings. The van der Waals surface area contributed by atoms with Crippen LogP contribution in [0.2, 0.25) is 0 Å². The molecule has 20 heavy (non-hydrogen) atoms. The molecule has 0 saturated carbocycles. The van der Waals surface area contributed by atoms with Gasteiger partial charge in [0.1, 0.15) is 5.56 Å². The van der Waals surface area contributed by atoms with E-state index in [0.29, 0.717) is 6.42 Å². The number of carboxylic acid groups (broad SMARTS) is 1. The topological polar surface area (TPSA) is 124 Å². The molecular formula is C11H17N3O5S. The lowest BCUT2D eigenvalue weighted by molar-refractivity contribution is 0.0691. The van der Waals surface area contributed by atoms with Gasteiger partial charge in [-0.1, -0.05) is 6.92 Å². The highest BCUT2D eigenvalue weighted by Gasteiger charge is 2.42. The van der Waals surface area contributed by atoms with Gasteiger partial charge in [-0.2, -0.15) is 9.40 Å². The van der Waals surface area contributed by atoms with Gasteiger partial charge in [-0.05, 0) is 19.3 Å². The van der Waals surface area contributed by atoms with Gasteiger partial charge in [0.15, 0.2) is 0 Å². The number of carboxylic acids is 1. The molecule has 3 N–H and O–H groups in total. The first-order valence-corrected chi connectivity index (χ1v) is 7.65. The summed E-state index contributed by atoms with van der Waals surface area (Å²) in [5.41, 5.74) is -0.162. The zero-order valence-electron chi connectivity index (χ0n) is 11.2. The van der Waals surface area contributed by atoms with Crippen molar-refractivity contribution in [1.29, 1.82) is 0 Å². The summed E-state index contributed by atoms with van der Waals surface area (Å²) in [7, 11) is -4.04. The molecule has 2 atom stereocenters. The van der Waals surface area contributed by atoms with Crippen LogP contribution in [0.4, 0.5) is 0 Å². The van der Waals surface area contributed by atoms with E-state index in [2.05, 4.69) is 10.2 Å². The lowest BCUT2D eigenvalue weighted by Crippen LogP contribution is -2.40. The lowest BCUT2D eigenvalue weighted by atomic mass is 10.0. The van der Waals surface area contributed by atoms with E-state index in [9.17, 15) is 18.3 Å². The van der Waals surface area contributed by atoms with Crippen LogP contribution in [0.15, 0.2) is 5.03 Å². The minimum absolute atomic E-state index is 0.0168. The number of hydrogen-bond donors (Lipinski definition) is 3. The average molecular weight is 303 g/mol. The summed E-state index contributed by atoms with van der Waals surface area (Å²) in [6, 6.07) is -0.543. The summed E-state index contributed by atoms with van der Waals surface area (Å²) < 4.78 is 26.3. The summed E-state index contributed by atoms with van der Waals surface area (Å²) >= 11 is 0. The van der Waals surface area contributed by atoms with E-state index in [0.717, 1.165) is 4.31 Å². The van der Waals surface area contributed by atoms with E-state index in [1.54, 1.807) is 0 Å². The first-order chi connectivity index (χ1) is 9.30. The number of aromatic amines is 1. The van der Waals surface area contributed by atoms with Crippen molar-refractivity contribution >= 4 is 16.0 Å². The number of carbonyl (C=O) groups is 1. The Balaban J connectivity index is 2.49. The van der Waals surface area contributed by atoms with Crippen LogP contribution < -0.4 is 0 Å². The van der Waals surface area contributed by atoms with E-state index >= 15 is 0 Å². The van der Waals surface area contributed by atoms with E-state index in [4.69, 9.17) is 5.11 Å². The molecule has 1 aliphatic heterocycles. The smallest absolute Gasteiger partial charge is 0.340 e. The molecule has 0 amide bonds. The molecule has 0 aliphatic carbocycles. The van der Waals surface area contributed by atoms with Crippen molar-refractivity contribution in [1.82, 2.24) is 14.5 Å². The van der Waals surface area contributed by atoms with Crippen LogP contribution in [0.3, 0.4) is 0 Å². The maximum Gasteiger partial charge on any atom is 0.340 e. The van der Waals surface area contributed by atoms with Crippen molar-refractivity contribution in [3.8, 4) is 0 Å². The normalized spacial score (nSPS) is 24.1. The van der Waals surface area contributed by atoms with Crippen molar-refractivity contribution in [2.24, 2.45) is 5.92 Å². The van der Waals surface area contributed by atoms with Crippen molar-refractivity contribution < 1.29 is 23.4 Å². The maximum absolute atomic E-state index is 12.6. The number of nitrogens with one attached hydrogen (secondary N) is 1. The van der Waals surface area contributed by atoms with Crippen molar-refractivity contribution in [3.63, 3.8) is 0 Å². The van der Waals surface area contributed by atoms with Gasteiger partial charge in [-0.25, -0.2) is 13.2 Å². The molecule has 0 radical (unpaired) electrons. The number of sulfonamides is 1. The molecule has 0 aromatic carbocycles. The highest BCUT2D eigenvalue weighted by atomic mass is 32.2. The fourth-order valence-corrected chi connectivity index (χ4v) is 4.36. The standard InChI is InChI=1S/C11H17N3O5S/c1-6-3-4-14(8(6)5-15)20(18,19)10-9(11(16)17)7(2)12-13-10/h6,8,15H,3-5H2,1-2H3,(H,12,13)(H,16,17). The third-order valence-corrected chi connectivity index (χ3v) is 5.55. The predicted molar refractivity (Wildman–Crippen MR) is 68.8 cm³/mol. The maximum atomic E-state index is 12.6. The van der Waals surface area contributed by atoms with Crippen LogP contribution >= 0.6 is 0 Å². The zero-order valence-corrected chi connectivity index (χ0v) is 12.0. The van der Waals surface area contributed by atoms with E-state index in [1.165, 1.54) is 6.92 Å². The summed E-state index contributed by atoms with van der Waals surface area (Å²) in [4.78, 5) is 11.2. The summed E-state index contributed by atoms with van der Waals surface area (Å²) in [5.74, 6) is -1.33. The lowest BCUT2D eigenvalue weighted by Gasteiger charge is -2.23. The number of hydrogen-bond acceptors (Lipinski definition) is 5. The highest BCUT2D eigenvalue weighted by Crippen LogP contribution is 2.30. The van der Waals surface area contributed by atoms with Crippen LogP contribution in [0.25, 0.3) is 0 Å². The molecule has 0 spiro atoms. The Kier molecular flexibility index (Phi) is 3.85. The number of aryl methyl sites for hydroxylation is 1. The van der Waals surface area contributed by atoms with Crippen LogP contribution in [0.5, 0.6) is 0 Å². The molecule has 0 bridgehead atoms. The average Bonchev–Trinajstić information content (AvgIpc) is 2.92. The number of aliphatic hydroxyl groups is 1. The molecule has 1 fully saturated rings.